The van der Waals surface area contributed by atoms with Gasteiger partial charge in [-0.1, -0.05) is 6.07 Å². The summed E-state index contributed by atoms with van der Waals surface area (Å²) in [6, 6.07) is 2.81. The van der Waals surface area contributed by atoms with Crippen molar-refractivity contribution in [2.75, 3.05) is 19.6 Å². The lowest BCUT2D eigenvalue weighted by atomic mass is 9.82. The van der Waals surface area contributed by atoms with Gasteiger partial charge in [-0.25, -0.2) is 9.78 Å². The number of aromatic hydroxyl groups is 1. The van der Waals surface area contributed by atoms with E-state index in [0.29, 0.717) is 25.2 Å². The van der Waals surface area contributed by atoms with Gasteiger partial charge in [-0.05, 0) is 24.4 Å². The molecule has 150 valence electrons. The summed E-state index contributed by atoms with van der Waals surface area (Å²) in [6.45, 7) is 1.78. The van der Waals surface area contributed by atoms with E-state index in [9.17, 15) is 15.0 Å². The fourth-order valence-electron chi connectivity index (χ4n) is 3.18. The fraction of sp³-hybridized carbons (Fsp3) is 0.412. The topological polar surface area (TPSA) is 165 Å². The molecule has 10 nitrogen and oxygen atoms in total. The van der Waals surface area contributed by atoms with Gasteiger partial charge >= 0.3 is 13.1 Å². The Kier molecular flexibility index (Phi) is 6.20. The fourth-order valence-corrected chi connectivity index (χ4v) is 3.18. The SMILES string of the molecule is NC(CN1CC(Oc2ccc(CCB(O)O)c(O)c2C(=O)O)C1)c1cnc[nH]1. The highest BCUT2D eigenvalue weighted by Crippen LogP contribution is 2.34. The third-order valence-corrected chi connectivity index (χ3v) is 4.70. The number of carboxylic acids is 1. The Hall–Kier alpha value is -2.60. The first kappa shape index (κ1) is 20.1. The summed E-state index contributed by atoms with van der Waals surface area (Å²) in [5.41, 5.74) is 6.93. The van der Waals surface area contributed by atoms with E-state index in [1.807, 2.05) is 0 Å². The van der Waals surface area contributed by atoms with Crippen LogP contribution in [0.2, 0.25) is 6.32 Å². The molecule has 28 heavy (non-hydrogen) atoms. The predicted molar refractivity (Wildman–Crippen MR) is 100 cm³/mol. The number of aromatic nitrogens is 2. The Morgan fingerprint density at radius 2 is 2.18 bits per heavy atom. The molecule has 1 aliphatic heterocycles. The van der Waals surface area contributed by atoms with Crippen LogP contribution in [0.1, 0.15) is 27.7 Å². The Morgan fingerprint density at radius 3 is 2.79 bits per heavy atom. The van der Waals surface area contributed by atoms with Crippen LogP contribution in [-0.4, -0.2) is 74.0 Å². The summed E-state index contributed by atoms with van der Waals surface area (Å²) in [4.78, 5) is 20.6. The van der Waals surface area contributed by atoms with Crippen LogP contribution >= 0.6 is 0 Å². The zero-order valence-corrected chi connectivity index (χ0v) is 15.2. The van der Waals surface area contributed by atoms with E-state index in [0.717, 1.165) is 5.69 Å². The second-order valence-corrected chi connectivity index (χ2v) is 6.84. The second-order valence-electron chi connectivity index (χ2n) is 6.84. The van der Waals surface area contributed by atoms with Crippen molar-refractivity contribution in [3.05, 3.63) is 41.5 Å². The van der Waals surface area contributed by atoms with Gasteiger partial charge in [-0.3, -0.25) is 4.90 Å². The number of nitrogens with two attached hydrogens (primary N) is 1. The number of phenols is 1. The molecule has 1 fully saturated rings. The van der Waals surface area contributed by atoms with Gasteiger partial charge in [0.2, 0.25) is 0 Å². The van der Waals surface area contributed by atoms with Gasteiger partial charge in [0.05, 0.1) is 18.1 Å². The lowest BCUT2D eigenvalue weighted by molar-refractivity contribution is 0.0151. The standard InChI is InChI=1S/C17H23BN4O6/c19-12(13-5-20-9-21-13)8-22-6-11(7-22)28-14-2-1-10(3-4-18(26)27)16(23)15(14)17(24)25/h1-2,5,9,11-12,23,26-27H,3-4,6-8,19H2,(H,20,21)(H,24,25). The van der Waals surface area contributed by atoms with E-state index in [-0.39, 0.29) is 36.2 Å². The number of aromatic carboxylic acids is 1. The van der Waals surface area contributed by atoms with Crippen molar-refractivity contribution in [1.82, 2.24) is 14.9 Å². The van der Waals surface area contributed by atoms with Gasteiger partial charge in [-0.2, -0.15) is 0 Å². The number of carboxylic acid groups (broad SMARTS) is 1. The minimum atomic E-state index is -1.53. The van der Waals surface area contributed by atoms with Crippen molar-refractivity contribution in [3.63, 3.8) is 0 Å². The Balaban J connectivity index is 1.60. The molecule has 1 atom stereocenters. The van der Waals surface area contributed by atoms with Gasteiger partial charge in [0.15, 0.2) is 0 Å². The van der Waals surface area contributed by atoms with E-state index in [4.69, 9.17) is 20.5 Å². The quantitative estimate of drug-likeness (QED) is 0.312. The molecule has 11 heteroatoms. The number of hydrogen-bond donors (Lipinski definition) is 6. The Labute approximate surface area is 161 Å². The monoisotopic (exact) mass is 390 g/mol. The van der Waals surface area contributed by atoms with E-state index in [2.05, 4.69) is 14.9 Å². The molecule has 1 aromatic carbocycles. The van der Waals surface area contributed by atoms with Gasteiger partial charge < -0.3 is 35.7 Å². The first-order valence-electron chi connectivity index (χ1n) is 8.92. The first-order chi connectivity index (χ1) is 13.3. The van der Waals surface area contributed by atoms with Gasteiger partial charge in [0, 0.05) is 25.8 Å². The average molecular weight is 390 g/mol. The highest BCUT2D eigenvalue weighted by atomic mass is 16.5. The lowest BCUT2D eigenvalue weighted by Crippen LogP contribution is -2.55. The number of rotatable bonds is 9. The number of carbonyl (C=O) groups is 1. The number of likely N-dealkylation sites (tertiary alicyclic amines) is 1. The molecule has 0 spiro atoms. The summed E-state index contributed by atoms with van der Waals surface area (Å²) in [5, 5.41) is 37.6. The molecule has 0 aliphatic carbocycles. The molecule has 7 N–H and O–H groups in total. The van der Waals surface area contributed by atoms with Crippen molar-refractivity contribution in [2.45, 2.75) is 24.9 Å². The number of aryl methyl sites for hydroxylation is 1. The molecule has 0 bridgehead atoms. The van der Waals surface area contributed by atoms with E-state index in [1.165, 1.54) is 12.1 Å². The maximum absolute atomic E-state index is 11.6. The van der Waals surface area contributed by atoms with Crippen LogP contribution in [0.5, 0.6) is 11.5 Å². The molecule has 3 rings (SSSR count). The van der Waals surface area contributed by atoms with Crippen LogP contribution in [0, 0.1) is 0 Å². The average Bonchev–Trinajstić information content (AvgIpc) is 3.13. The predicted octanol–water partition coefficient (Wildman–Crippen LogP) is -0.408. The highest BCUT2D eigenvalue weighted by molar-refractivity contribution is 6.41. The number of hydrogen-bond acceptors (Lipinski definition) is 8. The normalized spacial score (nSPS) is 15.8. The van der Waals surface area contributed by atoms with Crippen LogP contribution in [0.15, 0.2) is 24.7 Å². The van der Waals surface area contributed by atoms with E-state index < -0.39 is 18.8 Å². The number of imidazole rings is 1. The Morgan fingerprint density at radius 1 is 1.43 bits per heavy atom. The van der Waals surface area contributed by atoms with Crippen LogP contribution in [0.25, 0.3) is 0 Å². The largest absolute Gasteiger partial charge is 0.507 e. The number of H-pyrrole nitrogens is 1. The summed E-state index contributed by atoms with van der Waals surface area (Å²) in [6.07, 6.45) is 3.16. The smallest absolute Gasteiger partial charge is 0.451 e. The number of nitrogens with one attached hydrogen (secondary N) is 1. The second kappa shape index (κ2) is 8.61. The summed E-state index contributed by atoms with van der Waals surface area (Å²) < 4.78 is 5.76. The minimum Gasteiger partial charge on any atom is -0.507 e. The molecule has 1 saturated heterocycles. The summed E-state index contributed by atoms with van der Waals surface area (Å²) in [5.74, 6) is -1.64. The molecule has 1 aliphatic rings. The third-order valence-electron chi connectivity index (χ3n) is 4.70. The minimum absolute atomic E-state index is 0.0129. The number of benzene rings is 1. The van der Waals surface area contributed by atoms with E-state index in [1.54, 1.807) is 12.5 Å². The van der Waals surface area contributed by atoms with Crippen LogP contribution in [0.4, 0.5) is 0 Å². The summed E-state index contributed by atoms with van der Waals surface area (Å²) >= 11 is 0. The maximum Gasteiger partial charge on any atom is 0.451 e. The van der Waals surface area contributed by atoms with Crippen molar-refractivity contribution >= 4 is 13.1 Å². The van der Waals surface area contributed by atoms with Crippen LogP contribution < -0.4 is 10.5 Å². The van der Waals surface area contributed by atoms with Crippen molar-refractivity contribution in [3.8, 4) is 11.5 Å². The van der Waals surface area contributed by atoms with Gasteiger partial charge in [-0.15, -0.1) is 0 Å². The molecule has 1 unspecified atom stereocenters. The zero-order valence-electron chi connectivity index (χ0n) is 15.2. The third kappa shape index (κ3) is 4.62. The number of nitrogens with zero attached hydrogens (tertiary/aromatic N) is 2. The van der Waals surface area contributed by atoms with Crippen LogP contribution in [0.3, 0.4) is 0 Å². The molecule has 2 heterocycles. The first-order valence-corrected chi connectivity index (χ1v) is 8.92. The molecule has 0 saturated carbocycles. The molecule has 0 radical (unpaired) electrons. The van der Waals surface area contributed by atoms with Gasteiger partial charge in [0.25, 0.3) is 0 Å². The molecular weight excluding hydrogens is 367 g/mol. The van der Waals surface area contributed by atoms with Crippen molar-refractivity contribution in [2.24, 2.45) is 5.73 Å². The van der Waals surface area contributed by atoms with Gasteiger partial charge in [0.1, 0.15) is 23.2 Å². The highest BCUT2D eigenvalue weighted by Gasteiger charge is 2.32. The maximum atomic E-state index is 11.6. The van der Waals surface area contributed by atoms with Crippen LogP contribution in [-0.2, 0) is 6.42 Å². The molecule has 2 aromatic rings. The molecule has 1 aromatic heterocycles. The zero-order chi connectivity index (χ0) is 20.3. The van der Waals surface area contributed by atoms with Crippen molar-refractivity contribution in [1.29, 1.82) is 0 Å². The molecule has 0 amide bonds. The van der Waals surface area contributed by atoms with E-state index >= 15 is 0 Å². The number of aromatic amines is 1. The number of ether oxygens (including phenoxy) is 1. The molecular formula is C17H23BN4O6. The lowest BCUT2D eigenvalue weighted by Gasteiger charge is -2.40. The Bertz CT molecular complexity index is 810. The summed E-state index contributed by atoms with van der Waals surface area (Å²) in [7, 11) is -1.53. The van der Waals surface area contributed by atoms with Crippen molar-refractivity contribution < 1.29 is 29.8 Å².